The maximum Gasteiger partial charge on any atom is 0.297 e. The predicted octanol–water partition coefficient (Wildman–Crippen LogP) is 2.12. The quantitative estimate of drug-likeness (QED) is 0.736. The van der Waals surface area contributed by atoms with Crippen LogP contribution in [0.25, 0.3) is 0 Å². The molecular weight excluding hydrogens is 360 g/mol. The van der Waals surface area contributed by atoms with Crippen molar-refractivity contribution >= 4 is 10.1 Å². The van der Waals surface area contributed by atoms with Crippen molar-refractivity contribution in [1.82, 2.24) is 0 Å². The molecule has 1 unspecified atom stereocenters. The summed E-state index contributed by atoms with van der Waals surface area (Å²) in [6, 6.07) is 6.58. The lowest BCUT2D eigenvalue weighted by Gasteiger charge is -2.28. The van der Waals surface area contributed by atoms with Gasteiger partial charge in [-0.1, -0.05) is 17.7 Å². The van der Waals surface area contributed by atoms with Crippen LogP contribution in [0.3, 0.4) is 0 Å². The highest BCUT2D eigenvalue weighted by molar-refractivity contribution is 7.86. The summed E-state index contributed by atoms with van der Waals surface area (Å²) in [5.41, 5.74) is 0.227. The molecule has 7 nitrogen and oxygen atoms in total. The Morgan fingerprint density at radius 2 is 1.85 bits per heavy atom. The SMILES string of the molecule is COC1O[C@@H]2[C@H](OS(=O)(=O)c3ccc(C)cc3)CC[C@@]23OC(C)(C)O[C@@H]13. The van der Waals surface area contributed by atoms with E-state index in [1.54, 1.807) is 24.3 Å². The van der Waals surface area contributed by atoms with Crippen molar-refractivity contribution in [3.8, 4) is 0 Å². The van der Waals surface area contributed by atoms with Gasteiger partial charge in [-0.05, 0) is 45.7 Å². The smallest absolute Gasteiger partial charge is 0.297 e. The molecule has 1 aliphatic carbocycles. The highest BCUT2D eigenvalue weighted by Gasteiger charge is 2.71. The first-order valence-electron chi connectivity index (χ1n) is 8.73. The van der Waals surface area contributed by atoms with Gasteiger partial charge < -0.3 is 18.9 Å². The maximum atomic E-state index is 12.7. The van der Waals surface area contributed by atoms with Crippen LogP contribution in [-0.2, 0) is 33.2 Å². The Balaban J connectivity index is 1.59. The molecule has 26 heavy (non-hydrogen) atoms. The zero-order chi connectivity index (χ0) is 18.7. The van der Waals surface area contributed by atoms with Crippen molar-refractivity contribution in [3.05, 3.63) is 29.8 Å². The highest BCUT2D eigenvalue weighted by Crippen LogP contribution is 2.55. The second-order valence-electron chi connectivity index (χ2n) is 7.60. The molecule has 0 amide bonds. The van der Waals surface area contributed by atoms with Crippen molar-refractivity contribution in [1.29, 1.82) is 0 Å². The lowest BCUT2D eigenvalue weighted by molar-refractivity contribution is -0.238. The summed E-state index contributed by atoms with van der Waals surface area (Å²) in [7, 11) is -2.37. The van der Waals surface area contributed by atoms with E-state index in [1.807, 2.05) is 20.8 Å². The van der Waals surface area contributed by atoms with Gasteiger partial charge in [0.25, 0.3) is 10.1 Å². The number of hydrogen-bond donors (Lipinski definition) is 0. The molecule has 2 heterocycles. The monoisotopic (exact) mass is 384 g/mol. The number of rotatable bonds is 4. The van der Waals surface area contributed by atoms with Crippen LogP contribution in [0.1, 0.15) is 32.3 Å². The van der Waals surface area contributed by atoms with Crippen molar-refractivity contribution in [2.45, 2.75) is 74.5 Å². The molecule has 1 saturated carbocycles. The average Bonchev–Trinajstić information content (AvgIpc) is 3.12. The third kappa shape index (κ3) is 2.80. The van der Waals surface area contributed by atoms with Crippen LogP contribution >= 0.6 is 0 Å². The fraction of sp³-hybridized carbons (Fsp3) is 0.667. The standard InChI is InChI=1S/C18H24O7S/c1-11-5-7-12(8-6-11)26(19,20)24-13-9-10-18-14(13)22-16(21-4)15(18)23-17(2,3)25-18/h5-8,13-16H,9-10H2,1-4H3/t13-,14-,15+,16?,18-/m1/s1. The van der Waals surface area contributed by atoms with Crippen LogP contribution in [0.15, 0.2) is 29.2 Å². The third-order valence-corrected chi connectivity index (χ3v) is 6.64. The summed E-state index contributed by atoms with van der Waals surface area (Å²) < 4.78 is 54.4. The Kier molecular flexibility index (Phi) is 4.22. The second kappa shape index (κ2) is 5.98. The Labute approximate surface area is 153 Å². The van der Waals surface area contributed by atoms with Crippen molar-refractivity contribution in [2.75, 3.05) is 7.11 Å². The van der Waals surface area contributed by atoms with E-state index in [4.69, 9.17) is 23.1 Å². The minimum absolute atomic E-state index is 0.130. The fourth-order valence-corrected chi connectivity index (χ4v) is 5.34. The van der Waals surface area contributed by atoms with Crippen LogP contribution in [0.2, 0.25) is 0 Å². The van der Waals surface area contributed by atoms with Gasteiger partial charge in [0.2, 0.25) is 0 Å². The third-order valence-electron chi connectivity index (χ3n) is 5.29. The van der Waals surface area contributed by atoms with Crippen molar-refractivity contribution < 1.29 is 31.5 Å². The predicted molar refractivity (Wildman–Crippen MR) is 90.9 cm³/mol. The average molecular weight is 384 g/mol. The van der Waals surface area contributed by atoms with E-state index in [2.05, 4.69) is 0 Å². The summed E-state index contributed by atoms with van der Waals surface area (Å²) in [6.07, 6.45) is -1.17. The topological polar surface area (TPSA) is 80.3 Å². The minimum Gasteiger partial charge on any atom is -0.353 e. The van der Waals surface area contributed by atoms with Crippen molar-refractivity contribution in [2.24, 2.45) is 0 Å². The number of benzene rings is 1. The summed E-state index contributed by atoms with van der Waals surface area (Å²) in [6.45, 7) is 5.57. The van der Waals surface area contributed by atoms with E-state index in [-0.39, 0.29) is 4.90 Å². The Bertz CT molecular complexity index is 788. The normalized spacial score (nSPS) is 38.3. The molecule has 0 bridgehead atoms. The molecule has 0 N–H and O–H groups in total. The van der Waals surface area contributed by atoms with E-state index >= 15 is 0 Å². The van der Waals surface area contributed by atoms with Gasteiger partial charge >= 0.3 is 0 Å². The van der Waals surface area contributed by atoms with Gasteiger partial charge in [0.05, 0.1) is 4.90 Å². The van der Waals surface area contributed by atoms with E-state index in [0.717, 1.165) is 5.56 Å². The number of methoxy groups -OCH3 is 1. The molecule has 1 aromatic carbocycles. The van der Waals surface area contributed by atoms with Gasteiger partial charge in [-0.3, -0.25) is 4.18 Å². The molecule has 3 aliphatic rings. The lowest BCUT2D eigenvalue weighted by atomic mass is 9.95. The van der Waals surface area contributed by atoms with Gasteiger partial charge in [0.1, 0.15) is 23.9 Å². The first-order chi connectivity index (χ1) is 12.2. The Hall–Kier alpha value is -1.03. The van der Waals surface area contributed by atoms with Crippen LogP contribution in [-0.4, -0.2) is 51.5 Å². The maximum absolute atomic E-state index is 12.7. The van der Waals surface area contributed by atoms with E-state index < -0.39 is 46.1 Å². The molecule has 1 aromatic rings. The molecule has 144 valence electrons. The second-order valence-corrected chi connectivity index (χ2v) is 9.17. The zero-order valence-corrected chi connectivity index (χ0v) is 16.1. The molecule has 8 heteroatoms. The van der Waals surface area contributed by atoms with Gasteiger partial charge in [-0.2, -0.15) is 8.42 Å². The molecule has 1 spiro atoms. The largest absolute Gasteiger partial charge is 0.353 e. The summed E-state index contributed by atoms with van der Waals surface area (Å²) >= 11 is 0. The molecule has 0 radical (unpaired) electrons. The molecule has 2 aliphatic heterocycles. The number of hydrogen-bond acceptors (Lipinski definition) is 7. The first-order valence-corrected chi connectivity index (χ1v) is 10.1. The molecular formula is C18H24O7S. The van der Waals surface area contributed by atoms with E-state index in [0.29, 0.717) is 12.8 Å². The van der Waals surface area contributed by atoms with Crippen LogP contribution in [0, 0.1) is 6.92 Å². The summed E-state index contributed by atoms with van der Waals surface area (Å²) in [5.74, 6) is -0.784. The van der Waals surface area contributed by atoms with Gasteiger partial charge in [0, 0.05) is 7.11 Å². The minimum atomic E-state index is -3.90. The Morgan fingerprint density at radius 1 is 1.15 bits per heavy atom. The highest BCUT2D eigenvalue weighted by atomic mass is 32.2. The van der Waals surface area contributed by atoms with E-state index in [1.165, 1.54) is 7.11 Å². The Morgan fingerprint density at radius 3 is 2.50 bits per heavy atom. The zero-order valence-electron chi connectivity index (χ0n) is 15.3. The first kappa shape index (κ1) is 18.3. The molecule has 2 saturated heterocycles. The van der Waals surface area contributed by atoms with Crippen LogP contribution in [0.5, 0.6) is 0 Å². The van der Waals surface area contributed by atoms with Crippen LogP contribution < -0.4 is 0 Å². The fourth-order valence-electron chi connectivity index (χ4n) is 4.24. The summed E-state index contributed by atoms with van der Waals surface area (Å²) in [5, 5.41) is 0. The van der Waals surface area contributed by atoms with Gasteiger partial charge in [-0.25, -0.2) is 0 Å². The van der Waals surface area contributed by atoms with Crippen LogP contribution in [0.4, 0.5) is 0 Å². The molecule has 3 fully saturated rings. The lowest BCUT2D eigenvalue weighted by Crippen LogP contribution is -2.46. The molecule has 0 aromatic heterocycles. The van der Waals surface area contributed by atoms with Crippen molar-refractivity contribution in [3.63, 3.8) is 0 Å². The number of ether oxygens (including phenoxy) is 4. The van der Waals surface area contributed by atoms with Gasteiger partial charge in [0.15, 0.2) is 12.1 Å². The molecule has 5 atom stereocenters. The number of aryl methyl sites for hydroxylation is 1. The van der Waals surface area contributed by atoms with E-state index in [9.17, 15) is 8.42 Å². The summed E-state index contributed by atoms with van der Waals surface area (Å²) in [4.78, 5) is 0.130. The van der Waals surface area contributed by atoms with Gasteiger partial charge in [-0.15, -0.1) is 0 Å². The molecule has 4 rings (SSSR count).